The maximum atomic E-state index is 11.7. The highest BCUT2D eigenvalue weighted by atomic mass is 16.3. The molecule has 2 rings (SSSR count). The molecule has 0 saturated heterocycles. The van der Waals surface area contributed by atoms with Crippen LogP contribution >= 0.6 is 0 Å². The molecule has 1 heterocycles. The molecule has 0 aliphatic heterocycles. The van der Waals surface area contributed by atoms with Gasteiger partial charge >= 0.3 is 0 Å². The molecule has 0 spiro atoms. The number of benzene rings is 1. The molecule has 0 saturated carbocycles. The topological polar surface area (TPSA) is 80.0 Å². The molecule has 0 bridgehead atoms. The highest BCUT2D eigenvalue weighted by Crippen LogP contribution is 1.98. The molecule has 2 aromatic rings. The van der Waals surface area contributed by atoms with Gasteiger partial charge in [-0.3, -0.25) is 4.79 Å². The minimum Gasteiger partial charge on any atom is -0.396 e. The maximum Gasteiger partial charge on any atom is 0.241 e. The SMILES string of the molecule is O=C(Cn1cc(CCO)nn1)NCCc1ccccc1. The fourth-order valence-electron chi connectivity index (χ4n) is 1.84. The molecule has 1 aromatic heterocycles. The van der Waals surface area contributed by atoms with Crippen LogP contribution in [0.25, 0.3) is 0 Å². The molecule has 1 aromatic carbocycles. The molecule has 0 aliphatic carbocycles. The summed E-state index contributed by atoms with van der Waals surface area (Å²) in [6.45, 7) is 0.774. The van der Waals surface area contributed by atoms with Crippen LogP contribution in [0.15, 0.2) is 36.5 Å². The summed E-state index contributed by atoms with van der Waals surface area (Å²) in [5.41, 5.74) is 1.88. The third-order valence-electron chi connectivity index (χ3n) is 2.84. The number of carbonyl (C=O) groups excluding carboxylic acids is 1. The third-order valence-corrected chi connectivity index (χ3v) is 2.84. The summed E-state index contributed by atoms with van der Waals surface area (Å²) in [4.78, 5) is 11.7. The molecule has 0 atom stereocenters. The summed E-state index contributed by atoms with van der Waals surface area (Å²) in [5.74, 6) is -0.0959. The van der Waals surface area contributed by atoms with E-state index in [1.165, 1.54) is 10.2 Å². The molecular weight excluding hydrogens is 256 g/mol. The molecule has 0 unspecified atom stereocenters. The molecule has 6 heteroatoms. The van der Waals surface area contributed by atoms with Gasteiger partial charge in [0.2, 0.25) is 5.91 Å². The van der Waals surface area contributed by atoms with Gasteiger partial charge in [0, 0.05) is 25.8 Å². The molecule has 0 aliphatic rings. The van der Waals surface area contributed by atoms with Crippen LogP contribution in [0.4, 0.5) is 0 Å². The zero-order valence-electron chi connectivity index (χ0n) is 11.2. The van der Waals surface area contributed by atoms with Gasteiger partial charge in [0.25, 0.3) is 0 Å². The Bertz CT molecular complexity index is 539. The predicted molar refractivity (Wildman–Crippen MR) is 74.0 cm³/mol. The van der Waals surface area contributed by atoms with Crippen LogP contribution in [0.5, 0.6) is 0 Å². The Morgan fingerprint density at radius 1 is 1.25 bits per heavy atom. The number of aliphatic hydroxyl groups excluding tert-OH is 1. The van der Waals surface area contributed by atoms with E-state index in [-0.39, 0.29) is 19.1 Å². The van der Waals surface area contributed by atoms with E-state index in [2.05, 4.69) is 15.6 Å². The van der Waals surface area contributed by atoms with Crippen LogP contribution in [0.2, 0.25) is 0 Å². The molecule has 6 nitrogen and oxygen atoms in total. The van der Waals surface area contributed by atoms with E-state index in [0.29, 0.717) is 18.7 Å². The lowest BCUT2D eigenvalue weighted by Gasteiger charge is -2.05. The first-order valence-electron chi connectivity index (χ1n) is 6.58. The monoisotopic (exact) mass is 274 g/mol. The number of aliphatic hydroxyl groups is 1. The summed E-state index contributed by atoms with van der Waals surface area (Å²) in [7, 11) is 0. The van der Waals surface area contributed by atoms with Crippen LogP contribution in [-0.4, -0.2) is 39.2 Å². The zero-order valence-corrected chi connectivity index (χ0v) is 11.2. The van der Waals surface area contributed by atoms with Gasteiger partial charge in [-0.05, 0) is 12.0 Å². The third kappa shape index (κ3) is 4.47. The van der Waals surface area contributed by atoms with Gasteiger partial charge in [0.15, 0.2) is 0 Å². The number of nitrogens with zero attached hydrogens (tertiary/aromatic N) is 3. The van der Waals surface area contributed by atoms with Crippen LogP contribution in [0.3, 0.4) is 0 Å². The summed E-state index contributed by atoms with van der Waals surface area (Å²) in [6.07, 6.45) is 2.93. The Morgan fingerprint density at radius 2 is 2.05 bits per heavy atom. The number of amides is 1. The van der Waals surface area contributed by atoms with Crippen molar-refractivity contribution in [2.45, 2.75) is 19.4 Å². The molecule has 20 heavy (non-hydrogen) atoms. The van der Waals surface area contributed by atoms with E-state index in [0.717, 1.165) is 6.42 Å². The van der Waals surface area contributed by atoms with E-state index < -0.39 is 0 Å². The van der Waals surface area contributed by atoms with Crippen molar-refractivity contribution in [1.29, 1.82) is 0 Å². The molecule has 0 radical (unpaired) electrons. The van der Waals surface area contributed by atoms with Crippen LogP contribution in [-0.2, 0) is 24.2 Å². The van der Waals surface area contributed by atoms with Gasteiger partial charge in [-0.2, -0.15) is 0 Å². The van der Waals surface area contributed by atoms with E-state index in [1.807, 2.05) is 30.3 Å². The van der Waals surface area contributed by atoms with Gasteiger partial charge in [0.05, 0.1) is 5.69 Å². The Balaban J connectivity index is 1.72. The first-order chi connectivity index (χ1) is 9.78. The molecule has 1 amide bonds. The first kappa shape index (κ1) is 14.2. The second kappa shape index (κ2) is 7.40. The minimum atomic E-state index is -0.0959. The fraction of sp³-hybridized carbons (Fsp3) is 0.357. The normalized spacial score (nSPS) is 10.4. The van der Waals surface area contributed by atoms with Crippen molar-refractivity contribution >= 4 is 5.91 Å². The molecular formula is C14H18N4O2. The quantitative estimate of drug-likeness (QED) is 0.754. The number of aromatic nitrogens is 3. The maximum absolute atomic E-state index is 11.7. The van der Waals surface area contributed by atoms with E-state index in [9.17, 15) is 4.79 Å². The van der Waals surface area contributed by atoms with Crippen LogP contribution in [0, 0.1) is 0 Å². The highest BCUT2D eigenvalue weighted by molar-refractivity contribution is 5.75. The Labute approximate surface area is 117 Å². The summed E-state index contributed by atoms with van der Waals surface area (Å²) in [5, 5.41) is 19.3. The summed E-state index contributed by atoms with van der Waals surface area (Å²) >= 11 is 0. The van der Waals surface area contributed by atoms with Gasteiger partial charge in [-0.25, -0.2) is 4.68 Å². The van der Waals surface area contributed by atoms with Gasteiger partial charge in [-0.15, -0.1) is 5.10 Å². The number of hydrogen-bond donors (Lipinski definition) is 2. The highest BCUT2D eigenvalue weighted by Gasteiger charge is 2.05. The predicted octanol–water partition coefficient (Wildman–Crippen LogP) is 0.172. The molecule has 106 valence electrons. The molecule has 2 N–H and O–H groups in total. The van der Waals surface area contributed by atoms with Crippen molar-refractivity contribution in [3.63, 3.8) is 0 Å². The van der Waals surface area contributed by atoms with Crippen molar-refractivity contribution in [3.05, 3.63) is 47.8 Å². The Hall–Kier alpha value is -2.21. The van der Waals surface area contributed by atoms with Gasteiger partial charge in [-0.1, -0.05) is 35.5 Å². The lowest BCUT2D eigenvalue weighted by atomic mass is 10.1. The zero-order chi connectivity index (χ0) is 14.2. The van der Waals surface area contributed by atoms with Gasteiger partial charge < -0.3 is 10.4 Å². The minimum absolute atomic E-state index is 0.0297. The van der Waals surface area contributed by atoms with Crippen molar-refractivity contribution in [2.24, 2.45) is 0 Å². The lowest BCUT2D eigenvalue weighted by Crippen LogP contribution is -2.29. The number of rotatable bonds is 7. The van der Waals surface area contributed by atoms with Crippen molar-refractivity contribution < 1.29 is 9.90 Å². The Morgan fingerprint density at radius 3 is 2.80 bits per heavy atom. The van der Waals surface area contributed by atoms with Crippen molar-refractivity contribution in [1.82, 2.24) is 20.3 Å². The molecule has 0 fully saturated rings. The lowest BCUT2D eigenvalue weighted by molar-refractivity contribution is -0.121. The van der Waals surface area contributed by atoms with Crippen LogP contribution in [0.1, 0.15) is 11.3 Å². The average Bonchev–Trinajstić information content (AvgIpc) is 2.88. The second-order valence-corrected chi connectivity index (χ2v) is 4.47. The fourth-order valence-corrected chi connectivity index (χ4v) is 1.84. The standard InChI is InChI=1S/C14H18N4O2/c19-9-7-13-10-18(17-16-13)11-14(20)15-8-6-12-4-2-1-3-5-12/h1-5,10,19H,6-9,11H2,(H,15,20). The van der Waals surface area contributed by atoms with Gasteiger partial charge in [0.1, 0.15) is 6.54 Å². The van der Waals surface area contributed by atoms with Crippen molar-refractivity contribution in [3.8, 4) is 0 Å². The number of carbonyl (C=O) groups is 1. The average molecular weight is 274 g/mol. The van der Waals surface area contributed by atoms with E-state index in [1.54, 1.807) is 6.20 Å². The van der Waals surface area contributed by atoms with Crippen LogP contribution < -0.4 is 5.32 Å². The smallest absolute Gasteiger partial charge is 0.241 e. The van der Waals surface area contributed by atoms with E-state index in [4.69, 9.17) is 5.11 Å². The largest absolute Gasteiger partial charge is 0.396 e. The van der Waals surface area contributed by atoms with Crippen molar-refractivity contribution in [2.75, 3.05) is 13.2 Å². The Kier molecular flexibility index (Phi) is 5.25. The number of nitrogens with one attached hydrogen (secondary N) is 1. The first-order valence-corrected chi connectivity index (χ1v) is 6.58. The second-order valence-electron chi connectivity index (χ2n) is 4.47. The summed E-state index contributed by atoms with van der Waals surface area (Å²) < 4.78 is 1.48. The van der Waals surface area contributed by atoms with E-state index >= 15 is 0 Å². The summed E-state index contributed by atoms with van der Waals surface area (Å²) in [6, 6.07) is 10.00. The number of hydrogen-bond acceptors (Lipinski definition) is 4.